The second-order valence-electron chi connectivity index (χ2n) is 4.31. The highest BCUT2D eigenvalue weighted by atomic mass is 35.5. The number of nitro groups is 1. The maximum atomic E-state index is 12.3. The molecule has 8 heteroatoms. The SMILES string of the molecule is CNC1CCN(C(=O)c2cc([N+](=O)[O-])cnc2Cl)C1. The lowest BCUT2D eigenvalue weighted by Gasteiger charge is -2.16. The number of likely N-dealkylation sites (tertiary alicyclic amines) is 1. The smallest absolute Gasteiger partial charge is 0.288 e. The molecule has 0 aromatic carbocycles. The average molecular weight is 285 g/mol. The molecular weight excluding hydrogens is 272 g/mol. The maximum Gasteiger partial charge on any atom is 0.288 e. The predicted molar refractivity (Wildman–Crippen MR) is 69.3 cm³/mol. The second-order valence-corrected chi connectivity index (χ2v) is 4.67. The standard InChI is InChI=1S/C11H13ClN4O3/c1-13-7-2-3-15(6-7)11(17)9-4-8(16(18)19)5-14-10(9)12/h4-5,7,13H,2-3,6H2,1H3. The van der Waals surface area contributed by atoms with Crippen LogP contribution in [-0.2, 0) is 0 Å². The summed E-state index contributed by atoms with van der Waals surface area (Å²) in [6, 6.07) is 1.42. The van der Waals surface area contributed by atoms with Gasteiger partial charge in [-0.25, -0.2) is 4.98 Å². The van der Waals surface area contributed by atoms with Crippen molar-refractivity contribution in [2.75, 3.05) is 20.1 Å². The highest BCUT2D eigenvalue weighted by Gasteiger charge is 2.28. The fourth-order valence-electron chi connectivity index (χ4n) is 2.04. The summed E-state index contributed by atoms with van der Waals surface area (Å²) in [6.45, 7) is 1.16. The van der Waals surface area contributed by atoms with Gasteiger partial charge in [-0.3, -0.25) is 14.9 Å². The zero-order chi connectivity index (χ0) is 14.0. The summed E-state index contributed by atoms with van der Waals surface area (Å²) in [5.74, 6) is -0.320. The topological polar surface area (TPSA) is 88.4 Å². The molecule has 7 nitrogen and oxygen atoms in total. The number of carbonyl (C=O) groups excluding carboxylic acids is 1. The molecule has 2 rings (SSSR count). The molecule has 0 aliphatic carbocycles. The van der Waals surface area contributed by atoms with Crippen LogP contribution in [0.3, 0.4) is 0 Å². The molecule has 1 saturated heterocycles. The van der Waals surface area contributed by atoms with Gasteiger partial charge in [-0.15, -0.1) is 0 Å². The minimum atomic E-state index is -0.597. The molecule has 1 unspecified atom stereocenters. The Morgan fingerprint density at radius 3 is 3.00 bits per heavy atom. The zero-order valence-electron chi connectivity index (χ0n) is 10.3. The summed E-state index contributed by atoms with van der Waals surface area (Å²) in [5.41, 5.74) is -0.162. The third kappa shape index (κ3) is 2.82. The minimum Gasteiger partial charge on any atom is -0.337 e. The zero-order valence-corrected chi connectivity index (χ0v) is 11.1. The van der Waals surface area contributed by atoms with E-state index in [2.05, 4.69) is 10.3 Å². The van der Waals surface area contributed by atoms with Crippen LogP contribution in [-0.4, -0.2) is 46.9 Å². The van der Waals surface area contributed by atoms with Crippen LogP contribution in [0.15, 0.2) is 12.3 Å². The Bertz CT molecular complexity index is 523. The molecule has 0 bridgehead atoms. The van der Waals surface area contributed by atoms with E-state index in [0.29, 0.717) is 13.1 Å². The molecule has 0 spiro atoms. The molecule has 1 amide bonds. The summed E-state index contributed by atoms with van der Waals surface area (Å²) in [6.07, 6.45) is 1.89. The van der Waals surface area contributed by atoms with Crippen molar-refractivity contribution in [3.05, 3.63) is 33.1 Å². The molecule has 0 radical (unpaired) electrons. The predicted octanol–water partition coefficient (Wildman–Crippen LogP) is 1.08. The normalized spacial score (nSPS) is 18.6. The van der Waals surface area contributed by atoms with Crippen molar-refractivity contribution in [1.82, 2.24) is 15.2 Å². The number of nitrogens with zero attached hydrogens (tertiary/aromatic N) is 3. The monoisotopic (exact) mass is 284 g/mol. The van der Waals surface area contributed by atoms with E-state index in [1.54, 1.807) is 4.90 Å². The number of hydrogen-bond donors (Lipinski definition) is 1. The largest absolute Gasteiger partial charge is 0.337 e. The minimum absolute atomic E-state index is 0.0106. The molecular formula is C11H13ClN4O3. The third-order valence-corrected chi connectivity index (χ3v) is 3.45. The van der Waals surface area contributed by atoms with E-state index in [4.69, 9.17) is 11.6 Å². The Kier molecular flexibility index (Phi) is 3.96. The van der Waals surface area contributed by atoms with E-state index in [1.807, 2.05) is 7.05 Å². The fraction of sp³-hybridized carbons (Fsp3) is 0.455. The summed E-state index contributed by atoms with van der Waals surface area (Å²) in [4.78, 5) is 27.7. The Hall–Kier alpha value is -1.73. The number of pyridine rings is 1. The van der Waals surface area contributed by atoms with Crippen LogP contribution < -0.4 is 5.32 Å². The Morgan fingerprint density at radius 1 is 1.68 bits per heavy atom. The van der Waals surface area contributed by atoms with Crippen molar-refractivity contribution in [3.8, 4) is 0 Å². The van der Waals surface area contributed by atoms with E-state index in [1.165, 1.54) is 6.07 Å². The fourth-order valence-corrected chi connectivity index (χ4v) is 2.22. The number of nitrogens with one attached hydrogen (secondary N) is 1. The van der Waals surface area contributed by atoms with Gasteiger partial charge in [-0.2, -0.15) is 0 Å². The highest BCUT2D eigenvalue weighted by molar-refractivity contribution is 6.32. The van der Waals surface area contributed by atoms with Crippen LogP contribution in [0.2, 0.25) is 5.15 Å². The lowest BCUT2D eigenvalue weighted by molar-refractivity contribution is -0.385. The Morgan fingerprint density at radius 2 is 2.42 bits per heavy atom. The number of rotatable bonds is 3. The Balaban J connectivity index is 2.24. The number of likely N-dealkylation sites (N-methyl/N-ethyl adjacent to an activating group) is 1. The van der Waals surface area contributed by atoms with Gasteiger partial charge in [0, 0.05) is 25.2 Å². The van der Waals surface area contributed by atoms with Gasteiger partial charge in [0.05, 0.1) is 10.5 Å². The molecule has 1 aliphatic rings. The van der Waals surface area contributed by atoms with Crippen LogP contribution in [0, 0.1) is 10.1 Å². The van der Waals surface area contributed by atoms with E-state index in [0.717, 1.165) is 12.6 Å². The second kappa shape index (κ2) is 5.50. The van der Waals surface area contributed by atoms with Crippen LogP contribution in [0.1, 0.15) is 16.8 Å². The maximum absolute atomic E-state index is 12.3. The van der Waals surface area contributed by atoms with Crippen molar-refractivity contribution < 1.29 is 9.72 Å². The van der Waals surface area contributed by atoms with Gasteiger partial charge in [0.2, 0.25) is 0 Å². The molecule has 19 heavy (non-hydrogen) atoms. The van der Waals surface area contributed by atoms with Crippen molar-refractivity contribution in [3.63, 3.8) is 0 Å². The lowest BCUT2D eigenvalue weighted by Crippen LogP contribution is -2.33. The molecule has 1 aliphatic heterocycles. The summed E-state index contributed by atoms with van der Waals surface area (Å²) >= 11 is 5.85. The van der Waals surface area contributed by atoms with Crippen LogP contribution in [0.5, 0.6) is 0 Å². The van der Waals surface area contributed by atoms with Gasteiger partial charge in [0.25, 0.3) is 11.6 Å². The highest BCUT2D eigenvalue weighted by Crippen LogP contribution is 2.22. The van der Waals surface area contributed by atoms with E-state index in [-0.39, 0.29) is 28.4 Å². The molecule has 1 fully saturated rings. The first-order valence-electron chi connectivity index (χ1n) is 5.79. The van der Waals surface area contributed by atoms with Gasteiger partial charge in [-0.05, 0) is 13.5 Å². The van der Waals surface area contributed by atoms with Gasteiger partial charge < -0.3 is 10.2 Å². The number of halogens is 1. The van der Waals surface area contributed by atoms with Crippen molar-refractivity contribution >= 4 is 23.2 Å². The quantitative estimate of drug-likeness (QED) is 0.510. The van der Waals surface area contributed by atoms with Gasteiger partial charge >= 0.3 is 0 Å². The van der Waals surface area contributed by atoms with Crippen LogP contribution in [0.4, 0.5) is 5.69 Å². The van der Waals surface area contributed by atoms with Crippen molar-refractivity contribution in [2.24, 2.45) is 0 Å². The summed E-state index contributed by atoms with van der Waals surface area (Å²) in [7, 11) is 1.83. The molecule has 1 atom stereocenters. The first kappa shape index (κ1) is 13.7. The Labute approximate surface area is 114 Å². The molecule has 0 saturated carbocycles. The van der Waals surface area contributed by atoms with E-state index in [9.17, 15) is 14.9 Å². The van der Waals surface area contributed by atoms with E-state index < -0.39 is 4.92 Å². The molecule has 1 aromatic rings. The van der Waals surface area contributed by atoms with Crippen LogP contribution in [0.25, 0.3) is 0 Å². The molecule has 2 heterocycles. The van der Waals surface area contributed by atoms with Gasteiger partial charge in [0.15, 0.2) is 0 Å². The first-order chi connectivity index (χ1) is 9.02. The third-order valence-electron chi connectivity index (χ3n) is 3.15. The van der Waals surface area contributed by atoms with E-state index >= 15 is 0 Å². The summed E-state index contributed by atoms with van der Waals surface area (Å²) < 4.78 is 0. The summed E-state index contributed by atoms with van der Waals surface area (Å²) in [5, 5.41) is 13.8. The molecule has 1 N–H and O–H groups in total. The van der Waals surface area contributed by atoms with Crippen molar-refractivity contribution in [1.29, 1.82) is 0 Å². The number of amides is 1. The van der Waals surface area contributed by atoms with Crippen molar-refractivity contribution in [2.45, 2.75) is 12.5 Å². The number of hydrogen-bond acceptors (Lipinski definition) is 5. The average Bonchev–Trinajstić information content (AvgIpc) is 2.87. The number of carbonyl (C=O) groups is 1. The molecule has 102 valence electrons. The lowest BCUT2D eigenvalue weighted by atomic mass is 10.2. The van der Waals surface area contributed by atoms with Gasteiger partial charge in [-0.1, -0.05) is 11.6 Å². The van der Waals surface area contributed by atoms with Gasteiger partial charge in [0.1, 0.15) is 11.3 Å². The molecule has 1 aromatic heterocycles. The number of aromatic nitrogens is 1. The van der Waals surface area contributed by atoms with Crippen LogP contribution >= 0.6 is 11.6 Å². The first-order valence-corrected chi connectivity index (χ1v) is 6.17.